The van der Waals surface area contributed by atoms with E-state index in [1.807, 2.05) is 22.8 Å². The average molecular weight is 418 g/mol. The summed E-state index contributed by atoms with van der Waals surface area (Å²) in [5.41, 5.74) is 0.853. The van der Waals surface area contributed by atoms with Gasteiger partial charge in [-0.25, -0.2) is 0 Å². The van der Waals surface area contributed by atoms with Crippen LogP contribution in [0.5, 0.6) is 0 Å². The van der Waals surface area contributed by atoms with E-state index in [2.05, 4.69) is 30.3 Å². The van der Waals surface area contributed by atoms with Crippen LogP contribution in [0, 0.1) is 0 Å². The molecule has 0 atom stereocenters. The van der Waals surface area contributed by atoms with Gasteiger partial charge in [0.15, 0.2) is 11.0 Å². The number of fused-ring (bicyclic) bond motifs is 1. The standard InChI is InChI=1S/C18H20ClN7OS/c19-13-5-4-6-14(9-13)26-12-21-24-18(26)28-11-17(27)20-10-16-23-22-15-7-2-1-3-8-25(15)16/h4-6,9,12H,1-3,7-8,10-11H2,(H,20,27). The van der Waals surface area contributed by atoms with Gasteiger partial charge in [-0.15, -0.1) is 20.4 Å². The Bertz CT molecular complexity index is 971. The SMILES string of the molecule is O=C(CSc1nncn1-c1cccc(Cl)c1)NCc1nnc2n1CCCCC2. The summed E-state index contributed by atoms with van der Waals surface area (Å²) >= 11 is 7.38. The molecule has 146 valence electrons. The van der Waals surface area contributed by atoms with E-state index in [1.54, 1.807) is 12.4 Å². The van der Waals surface area contributed by atoms with Gasteiger partial charge in [0, 0.05) is 18.0 Å². The first-order valence-corrected chi connectivity index (χ1v) is 10.5. The smallest absolute Gasteiger partial charge is 0.230 e. The molecule has 3 aromatic rings. The van der Waals surface area contributed by atoms with Gasteiger partial charge in [0.05, 0.1) is 18.0 Å². The van der Waals surface area contributed by atoms with Crippen LogP contribution in [0.1, 0.15) is 30.9 Å². The first-order valence-electron chi connectivity index (χ1n) is 9.17. The van der Waals surface area contributed by atoms with Crippen molar-refractivity contribution in [1.82, 2.24) is 34.8 Å². The van der Waals surface area contributed by atoms with E-state index in [9.17, 15) is 4.79 Å². The first kappa shape index (κ1) is 18.9. The van der Waals surface area contributed by atoms with Crippen molar-refractivity contribution in [2.75, 3.05) is 5.75 Å². The van der Waals surface area contributed by atoms with Crippen LogP contribution in [0.25, 0.3) is 5.69 Å². The Hall–Kier alpha value is -2.39. The van der Waals surface area contributed by atoms with Gasteiger partial charge in [-0.3, -0.25) is 9.36 Å². The Balaban J connectivity index is 1.34. The number of nitrogens with one attached hydrogen (secondary N) is 1. The van der Waals surface area contributed by atoms with Crippen LogP contribution >= 0.6 is 23.4 Å². The van der Waals surface area contributed by atoms with Crippen molar-refractivity contribution in [3.63, 3.8) is 0 Å². The lowest BCUT2D eigenvalue weighted by Crippen LogP contribution is -2.26. The van der Waals surface area contributed by atoms with Crippen LogP contribution in [0.15, 0.2) is 35.7 Å². The third kappa shape index (κ3) is 4.36. The second kappa shape index (κ2) is 8.74. The third-order valence-corrected chi connectivity index (χ3v) is 5.74. The highest BCUT2D eigenvalue weighted by atomic mass is 35.5. The van der Waals surface area contributed by atoms with Crippen molar-refractivity contribution in [2.24, 2.45) is 0 Å². The molecule has 0 radical (unpaired) electrons. The summed E-state index contributed by atoms with van der Waals surface area (Å²) in [5, 5.41) is 20.7. The molecular formula is C18H20ClN7OS. The Morgan fingerprint density at radius 1 is 1.21 bits per heavy atom. The van der Waals surface area contributed by atoms with E-state index in [4.69, 9.17) is 11.6 Å². The van der Waals surface area contributed by atoms with Crippen molar-refractivity contribution < 1.29 is 4.79 Å². The van der Waals surface area contributed by atoms with Gasteiger partial charge < -0.3 is 9.88 Å². The quantitative estimate of drug-likeness (QED) is 0.620. The minimum atomic E-state index is -0.0865. The summed E-state index contributed by atoms with van der Waals surface area (Å²) in [6.07, 6.45) is 6.04. The molecule has 28 heavy (non-hydrogen) atoms. The zero-order chi connectivity index (χ0) is 19.3. The lowest BCUT2D eigenvalue weighted by molar-refractivity contribution is -0.118. The van der Waals surface area contributed by atoms with Gasteiger partial charge in [-0.2, -0.15) is 0 Å². The van der Waals surface area contributed by atoms with E-state index in [-0.39, 0.29) is 11.7 Å². The van der Waals surface area contributed by atoms with Gasteiger partial charge in [0.1, 0.15) is 12.2 Å². The van der Waals surface area contributed by atoms with Crippen molar-refractivity contribution in [3.8, 4) is 5.69 Å². The molecule has 0 unspecified atom stereocenters. The molecule has 0 saturated heterocycles. The molecule has 0 bridgehead atoms. The second-order valence-corrected chi connectivity index (χ2v) is 7.90. The topological polar surface area (TPSA) is 90.5 Å². The lowest BCUT2D eigenvalue weighted by atomic mass is 10.2. The highest BCUT2D eigenvalue weighted by molar-refractivity contribution is 7.99. The predicted molar refractivity (Wildman–Crippen MR) is 107 cm³/mol. The number of carbonyl (C=O) groups excluding carboxylic acids is 1. The maximum absolute atomic E-state index is 12.3. The molecule has 10 heteroatoms. The maximum atomic E-state index is 12.3. The van der Waals surface area contributed by atoms with Crippen LogP contribution in [0.2, 0.25) is 5.02 Å². The van der Waals surface area contributed by atoms with Gasteiger partial charge in [-0.1, -0.05) is 35.9 Å². The van der Waals surface area contributed by atoms with Crippen LogP contribution in [-0.2, 0) is 24.3 Å². The monoisotopic (exact) mass is 417 g/mol. The zero-order valence-electron chi connectivity index (χ0n) is 15.2. The molecule has 0 aliphatic carbocycles. The van der Waals surface area contributed by atoms with Gasteiger partial charge >= 0.3 is 0 Å². The molecule has 1 aromatic carbocycles. The highest BCUT2D eigenvalue weighted by Gasteiger charge is 2.16. The van der Waals surface area contributed by atoms with E-state index in [0.29, 0.717) is 16.7 Å². The molecule has 0 saturated carbocycles. The van der Waals surface area contributed by atoms with Crippen LogP contribution in [0.3, 0.4) is 0 Å². The van der Waals surface area contributed by atoms with Gasteiger partial charge in [0.25, 0.3) is 0 Å². The summed E-state index contributed by atoms with van der Waals surface area (Å²) in [4.78, 5) is 12.3. The number of benzene rings is 1. The molecule has 1 aliphatic heterocycles. The number of thioether (sulfide) groups is 1. The largest absolute Gasteiger partial charge is 0.348 e. The molecule has 8 nitrogen and oxygen atoms in total. The summed E-state index contributed by atoms with van der Waals surface area (Å²) in [5.74, 6) is 1.99. The average Bonchev–Trinajstić information content (AvgIpc) is 3.25. The lowest BCUT2D eigenvalue weighted by Gasteiger charge is -2.09. The van der Waals surface area contributed by atoms with E-state index >= 15 is 0 Å². The van der Waals surface area contributed by atoms with E-state index in [0.717, 1.165) is 43.1 Å². The first-order chi connectivity index (χ1) is 13.7. The highest BCUT2D eigenvalue weighted by Crippen LogP contribution is 2.21. The number of aryl methyl sites for hydroxylation is 1. The number of aromatic nitrogens is 6. The molecule has 1 amide bonds. The summed E-state index contributed by atoms with van der Waals surface area (Å²) < 4.78 is 3.94. The molecule has 2 aromatic heterocycles. The number of amides is 1. The normalized spacial score (nSPS) is 13.8. The summed E-state index contributed by atoms with van der Waals surface area (Å²) in [6, 6.07) is 7.41. The van der Waals surface area contributed by atoms with E-state index < -0.39 is 0 Å². The number of halogens is 1. The number of carbonyl (C=O) groups is 1. The van der Waals surface area contributed by atoms with Crippen LogP contribution < -0.4 is 5.32 Å². The Labute approximate surface area is 171 Å². The second-order valence-electron chi connectivity index (χ2n) is 6.52. The molecule has 3 heterocycles. The molecule has 0 fully saturated rings. The zero-order valence-corrected chi connectivity index (χ0v) is 16.8. The fourth-order valence-corrected chi connectivity index (χ4v) is 4.10. The minimum Gasteiger partial charge on any atom is -0.348 e. The molecular weight excluding hydrogens is 398 g/mol. The minimum absolute atomic E-state index is 0.0865. The van der Waals surface area contributed by atoms with Crippen LogP contribution in [-0.4, -0.2) is 41.2 Å². The fraction of sp³-hybridized carbons (Fsp3) is 0.389. The number of rotatable bonds is 6. The van der Waals surface area contributed by atoms with Gasteiger partial charge in [0.2, 0.25) is 5.91 Å². The molecule has 4 rings (SSSR count). The Morgan fingerprint density at radius 2 is 2.14 bits per heavy atom. The number of hydrogen-bond donors (Lipinski definition) is 1. The van der Waals surface area contributed by atoms with E-state index in [1.165, 1.54) is 18.2 Å². The summed E-state index contributed by atoms with van der Waals surface area (Å²) in [6.45, 7) is 1.30. The molecule has 1 N–H and O–H groups in total. The van der Waals surface area contributed by atoms with Crippen molar-refractivity contribution in [2.45, 2.75) is 43.9 Å². The maximum Gasteiger partial charge on any atom is 0.230 e. The predicted octanol–water partition coefficient (Wildman–Crippen LogP) is 2.65. The van der Waals surface area contributed by atoms with Gasteiger partial charge in [-0.05, 0) is 31.0 Å². The number of nitrogens with zero attached hydrogens (tertiary/aromatic N) is 6. The Morgan fingerprint density at radius 3 is 3.04 bits per heavy atom. The molecule has 1 aliphatic rings. The third-order valence-electron chi connectivity index (χ3n) is 4.56. The molecule has 0 spiro atoms. The fourth-order valence-electron chi connectivity index (χ4n) is 3.16. The number of hydrogen-bond acceptors (Lipinski definition) is 6. The van der Waals surface area contributed by atoms with Crippen LogP contribution in [0.4, 0.5) is 0 Å². The van der Waals surface area contributed by atoms with Crippen molar-refractivity contribution in [1.29, 1.82) is 0 Å². The van der Waals surface area contributed by atoms with Crippen molar-refractivity contribution in [3.05, 3.63) is 47.3 Å². The Kier molecular flexibility index (Phi) is 5.92. The summed E-state index contributed by atoms with van der Waals surface area (Å²) in [7, 11) is 0. The van der Waals surface area contributed by atoms with Crippen molar-refractivity contribution >= 4 is 29.3 Å².